The molecular weight excluding hydrogens is 224 g/mol. The van der Waals surface area contributed by atoms with Gasteiger partial charge in [0.05, 0.1) is 5.69 Å². The molecule has 0 amide bonds. The molecule has 0 aliphatic rings. The van der Waals surface area contributed by atoms with Crippen LogP contribution in [-0.2, 0) is 0 Å². The molecule has 3 heteroatoms. The molecule has 0 saturated carbocycles. The first-order valence-corrected chi connectivity index (χ1v) is 6.13. The van der Waals surface area contributed by atoms with Crippen molar-refractivity contribution in [2.45, 2.75) is 25.9 Å². The summed E-state index contributed by atoms with van der Waals surface area (Å²) >= 11 is 0. The largest absolute Gasteiger partial charge is 0.508 e. The number of nitrogens with one attached hydrogen (secondary N) is 1. The van der Waals surface area contributed by atoms with Crippen molar-refractivity contribution in [3.05, 3.63) is 59.9 Å². The van der Waals surface area contributed by atoms with E-state index in [1.165, 1.54) is 0 Å². The second-order valence-electron chi connectivity index (χ2n) is 4.42. The van der Waals surface area contributed by atoms with E-state index in [1.807, 2.05) is 43.3 Å². The maximum absolute atomic E-state index is 9.81. The summed E-state index contributed by atoms with van der Waals surface area (Å²) in [6, 6.07) is 13.5. The third-order valence-corrected chi connectivity index (χ3v) is 3.03. The molecule has 0 fully saturated rings. The standard InChI is InChI=1S/C15H18N2O/c1-11(13-7-3-4-9-15(13)18)17-12(2)14-8-5-6-10-16-14/h3-12,17-18H,1-2H3. The first-order chi connectivity index (χ1) is 8.68. The second kappa shape index (κ2) is 5.65. The summed E-state index contributed by atoms with van der Waals surface area (Å²) < 4.78 is 0. The molecule has 2 unspecified atom stereocenters. The number of phenolic OH excluding ortho intramolecular Hbond substituents is 1. The molecule has 0 aliphatic heterocycles. The van der Waals surface area contributed by atoms with Gasteiger partial charge in [-0.05, 0) is 32.0 Å². The van der Waals surface area contributed by atoms with E-state index >= 15 is 0 Å². The van der Waals surface area contributed by atoms with Crippen LogP contribution in [0.3, 0.4) is 0 Å². The normalized spacial score (nSPS) is 14.1. The number of phenols is 1. The van der Waals surface area contributed by atoms with Crippen LogP contribution in [0.2, 0.25) is 0 Å². The maximum Gasteiger partial charge on any atom is 0.120 e. The fourth-order valence-corrected chi connectivity index (χ4v) is 2.04. The van der Waals surface area contributed by atoms with Gasteiger partial charge >= 0.3 is 0 Å². The van der Waals surface area contributed by atoms with E-state index in [2.05, 4.69) is 17.2 Å². The Hall–Kier alpha value is -1.87. The highest BCUT2D eigenvalue weighted by Crippen LogP contribution is 2.25. The van der Waals surface area contributed by atoms with Crippen LogP contribution in [0.15, 0.2) is 48.7 Å². The third kappa shape index (κ3) is 2.87. The van der Waals surface area contributed by atoms with Crippen molar-refractivity contribution in [3.8, 4) is 5.75 Å². The van der Waals surface area contributed by atoms with Gasteiger partial charge in [0.25, 0.3) is 0 Å². The number of aromatic nitrogens is 1. The lowest BCUT2D eigenvalue weighted by atomic mass is 10.1. The van der Waals surface area contributed by atoms with Gasteiger partial charge in [0.1, 0.15) is 5.75 Å². The summed E-state index contributed by atoms with van der Waals surface area (Å²) in [5.41, 5.74) is 1.90. The SMILES string of the molecule is CC(NC(C)c1ccccc1O)c1ccccn1. The van der Waals surface area contributed by atoms with Crippen LogP contribution in [0.4, 0.5) is 0 Å². The minimum Gasteiger partial charge on any atom is -0.508 e. The summed E-state index contributed by atoms with van der Waals surface area (Å²) in [6.45, 7) is 4.10. The Labute approximate surface area is 108 Å². The number of rotatable bonds is 4. The van der Waals surface area contributed by atoms with Gasteiger partial charge in [-0.15, -0.1) is 0 Å². The smallest absolute Gasteiger partial charge is 0.120 e. The van der Waals surface area contributed by atoms with E-state index < -0.39 is 0 Å². The van der Waals surface area contributed by atoms with Gasteiger partial charge in [-0.3, -0.25) is 4.98 Å². The quantitative estimate of drug-likeness (QED) is 0.865. The molecule has 0 bridgehead atoms. The summed E-state index contributed by atoms with van der Waals surface area (Å²) in [6.07, 6.45) is 1.79. The fourth-order valence-electron chi connectivity index (χ4n) is 2.04. The van der Waals surface area contributed by atoms with Crippen molar-refractivity contribution in [2.24, 2.45) is 0 Å². The van der Waals surface area contributed by atoms with Crippen LogP contribution in [0, 0.1) is 0 Å². The summed E-state index contributed by atoms with van der Waals surface area (Å²) in [4.78, 5) is 4.32. The lowest BCUT2D eigenvalue weighted by molar-refractivity contribution is 0.436. The average Bonchev–Trinajstić information content (AvgIpc) is 2.40. The van der Waals surface area contributed by atoms with Crippen LogP contribution in [0.25, 0.3) is 0 Å². The fraction of sp³-hybridized carbons (Fsp3) is 0.267. The predicted molar refractivity (Wildman–Crippen MR) is 72.3 cm³/mol. The van der Waals surface area contributed by atoms with Gasteiger partial charge in [0.2, 0.25) is 0 Å². The topological polar surface area (TPSA) is 45.1 Å². The van der Waals surface area contributed by atoms with E-state index in [-0.39, 0.29) is 12.1 Å². The van der Waals surface area contributed by atoms with Crippen molar-refractivity contribution < 1.29 is 5.11 Å². The zero-order valence-corrected chi connectivity index (χ0v) is 10.7. The molecule has 18 heavy (non-hydrogen) atoms. The summed E-state index contributed by atoms with van der Waals surface area (Å²) in [7, 11) is 0. The molecule has 1 aromatic heterocycles. The van der Waals surface area contributed by atoms with Crippen molar-refractivity contribution in [3.63, 3.8) is 0 Å². The number of hydrogen-bond acceptors (Lipinski definition) is 3. The van der Waals surface area contributed by atoms with E-state index in [9.17, 15) is 5.11 Å². The molecule has 2 rings (SSSR count). The molecule has 0 aliphatic carbocycles. The van der Waals surface area contributed by atoms with Crippen molar-refractivity contribution in [1.82, 2.24) is 10.3 Å². The number of hydrogen-bond donors (Lipinski definition) is 2. The lowest BCUT2D eigenvalue weighted by Crippen LogP contribution is -2.23. The van der Waals surface area contributed by atoms with Gasteiger partial charge < -0.3 is 10.4 Å². The minimum absolute atomic E-state index is 0.0724. The number of benzene rings is 1. The first-order valence-electron chi connectivity index (χ1n) is 6.13. The Kier molecular flexibility index (Phi) is 3.95. The Bertz CT molecular complexity index is 499. The molecule has 0 spiro atoms. The van der Waals surface area contributed by atoms with Crippen molar-refractivity contribution >= 4 is 0 Å². The summed E-state index contributed by atoms with van der Waals surface area (Å²) in [5, 5.41) is 13.2. The third-order valence-electron chi connectivity index (χ3n) is 3.03. The highest BCUT2D eigenvalue weighted by molar-refractivity contribution is 5.34. The lowest BCUT2D eigenvalue weighted by Gasteiger charge is -2.20. The second-order valence-corrected chi connectivity index (χ2v) is 4.42. The molecule has 0 saturated heterocycles. The first kappa shape index (κ1) is 12.6. The highest BCUT2D eigenvalue weighted by Gasteiger charge is 2.13. The molecular formula is C15H18N2O. The van der Waals surface area contributed by atoms with E-state index in [4.69, 9.17) is 0 Å². The molecule has 94 valence electrons. The van der Waals surface area contributed by atoms with E-state index in [1.54, 1.807) is 12.3 Å². The van der Waals surface area contributed by atoms with Crippen LogP contribution < -0.4 is 5.32 Å². The van der Waals surface area contributed by atoms with Crippen LogP contribution in [-0.4, -0.2) is 10.1 Å². The zero-order chi connectivity index (χ0) is 13.0. The van der Waals surface area contributed by atoms with E-state index in [0.29, 0.717) is 5.75 Å². The maximum atomic E-state index is 9.81. The molecule has 3 nitrogen and oxygen atoms in total. The molecule has 1 aromatic carbocycles. The Morgan fingerprint density at radius 2 is 1.72 bits per heavy atom. The number of aromatic hydroxyl groups is 1. The molecule has 2 N–H and O–H groups in total. The van der Waals surface area contributed by atoms with Gasteiger partial charge in [-0.1, -0.05) is 24.3 Å². The van der Waals surface area contributed by atoms with Gasteiger partial charge in [0.15, 0.2) is 0 Å². The van der Waals surface area contributed by atoms with Crippen LogP contribution in [0.1, 0.15) is 37.2 Å². The highest BCUT2D eigenvalue weighted by atomic mass is 16.3. The molecule has 2 atom stereocenters. The number of nitrogens with zero attached hydrogens (tertiary/aromatic N) is 1. The van der Waals surface area contributed by atoms with Gasteiger partial charge in [-0.25, -0.2) is 0 Å². The van der Waals surface area contributed by atoms with Crippen LogP contribution >= 0.6 is 0 Å². The molecule has 1 heterocycles. The Morgan fingerprint density at radius 3 is 2.39 bits per heavy atom. The van der Waals surface area contributed by atoms with Crippen molar-refractivity contribution in [1.29, 1.82) is 0 Å². The molecule has 2 aromatic rings. The molecule has 0 radical (unpaired) electrons. The van der Waals surface area contributed by atoms with Gasteiger partial charge in [0, 0.05) is 23.8 Å². The van der Waals surface area contributed by atoms with Gasteiger partial charge in [-0.2, -0.15) is 0 Å². The van der Waals surface area contributed by atoms with Crippen molar-refractivity contribution in [2.75, 3.05) is 0 Å². The monoisotopic (exact) mass is 242 g/mol. The number of pyridine rings is 1. The summed E-state index contributed by atoms with van der Waals surface area (Å²) in [5.74, 6) is 0.325. The number of para-hydroxylation sites is 1. The van der Waals surface area contributed by atoms with Crippen LogP contribution in [0.5, 0.6) is 5.75 Å². The Balaban J connectivity index is 2.08. The Morgan fingerprint density at radius 1 is 1.00 bits per heavy atom. The average molecular weight is 242 g/mol. The minimum atomic E-state index is 0.0724. The van der Waals surface area contributed by atoms with E-state index in [0.717, 1.165) is 11.3 Å². The zero-order valence-electron chi connectivity index (χ0n) is 10.7. The predicted octanol–water partition coefficient (Wildman–Crippen LogP) is 3.20.